The highest BCUT2D eigenvalue weighted by Gasteiger charge is 2.22. The molecule has 8 heteroatoms. The molecule has 0 N–H and O–H groups in total. The van der Waals surface area contributed by atoms with E-state index in [2.05, 4.69) is 0 Å². The van der Waals surface area contributed by atoms with Crippen molar-refractivity contribution in [1.29, 1.82) is 0 Å². The van der Waals surface area contributed by atoms with Gasteiger partial charge >= 0.3 is 10.1 Å². The number of ether oxygens (including phenoxy) is 1. The predicted molar refractivity (Wildman–Crippen MR) is 104 cm³/mol. The van der Waals surface area contributed by atoms with Crippen LogP contribution in [0.15, 0.2) is 42.5 Å². The Morgan fingerprint density at radius 2 is 1.89 bits per heavy atom. The zero-order valence-electron chi connectivity index (χ0n) is 16.3. The molecule has 0 bridgehead atoms. The standard InChI is InChI=1S/C20H24FNO5S/c1-5-14(2)22(20(23)16-7-6-8-17(21)12-16)13-15-9-10-18(26-3)19(11-15)27-28(4,24)25/h6-12,14H,5,13H2,1-4H3/t14-/m1/s1. The number of hydrogen-bond acceptors (Lipinski definition) is 5. The second-order valence-corrected chi connectivity index (χ2v) is 8.05. The van der Waals surface area contributed by atoms with Crippen LogP contribution in [0.4, 0.5) is 4.39 Å². The lowest BCUT2D eigenvalue weighted by atomic mass is 10.1. The summed E-state index contributed by atoms with van der Waals surface area (Å²) in [6.45, 7) is 4.05. The SMILES string of the molecule is CC[C@@H](C)N(Cc1ccc(OC)c(OS(C)(=O)=O)c1)C(=O)c1cccc(F)c1. The Balaban J connectivity index is 2.37. The number of nitrogens with zero attached hydrogens (tertiary/aromatic N) is 1. The molecule has 28 heavy (non-hydrogen) atoms. The van der Waals surface area contributed by atoms with E-state index in [-0.39, 0.29) is 35.6 Å². The van der Waals surface area contributed by atoms with Crippen molar-refractivity contribution in [2.75, 3.05) is 13.4 Å². The normalized spacial score (nSPS) is 12.3. The highest BCUT2D eigenvalue weighted by atomic mass is 32.2. The first-order valence-corrected chi connectivity index (χ1v) is 10.6. The molecule has 0 spiro atoms. The molecule has 0 aliphatic heterocycles. The van der Waals surface area contributed by atoms with Crippen LogP contribution in [0.5, 0.6) is 11.5 Å². The van der Waals surface area contributed by atoms with Gasteiger partial charge in [-0.25, -0.2) is 4.39 Å². The average Bonchev–Trinajstić information content (AvgIpc) is 2.64. The maximum Gasteiger partial charge on any atom is 0.306 e. The molecule has 6 nitrogen and oxygen atoms in total. The van der Waals surface area contributed by atoms with Gasteiger partial charge in [0.25, 0.3) is 5.91 Å². The molecule has 0 heterocycles. The largest absolute Gasteiger partial charge is 0.493 e. The third-order valence-corrected chi connectivity index (χ3v) is 4.76. The summed E-state index contributed by atoms with van der Waals surface area (Å²) in [7, 11) is -2.34. The van der Waals surface area contributed by atoms with Crippen LogP contribution in [0.2, 0.25) is 0 Å². The van der Waals surface area contributed by atoms with Gasteiger partial charge in [0, 0.05) is 18.2 Å². The van der Waals surface area contributed by atoms with Crippen molar-refractivity contribution in [3.63, 3.8) is 0 Å². The monoisotopic (exact) mass is 409 g/mol. The first kappa shape index (κ1) is 21.7. The lowest BCUT2D eigenvalue weighted by Gasteiger charge is -2.29. The maximum absolute atomic E-state index is 13.5. The lowest BCUT2D eigenvalue weighted by molar-refractivity contribution is 0.0671. The Kier molecular flexibility index (Phi) is 7.01. The molecule has 152 valence electrons. The minimum absolute atomic E-state index is 0.0461. The fourth-order valence-electron chi connectivity index (χ4n) is 2.68. The zero-order valence-corrected chi connectivity index (χ0v) is 17.1. The van der Waals surface area contributed by atoms with E-state index in [0.29, 0.717) is 12.0 Å². The molecule has 0 unspecified atom stereocenters. The Morgan fingerprint density at radius 1 is 1.18 bits per heavy atom. The van der Waals surface area contributed by atoms with Crippen molar-refractivity contribution < 1.29 is 26.5 Å². The van der Waals surface area contributed by atoms with Crippen molar-refractivity contribution >= 4 is 16.0 Å². The van der Waals surface area contributed by atoms with Crippen LogP contribution in [0.25, 0.3) is 0 Å². The van der Waals surface area contributed by atoms with E-state index < -0.39 is 15.9 Å². The quantitative estimate of drug-likeness (QED) is 0.623. The number of hydrogen-bond donors (Lipinski definition) is 0. The Labute approximate surface area is 165 Å². The minimum atomic E-state index is -3.74. The van der Waals surface area contributed by atoms with Crippen LogP contribution >= 0.6 is 0 Å². The molecule has 2 aromatic rings. The highest BCUT2D eigenvalue weighted by molar-refractivity contribution is 7.86. The van der Waals surface area contributed by atoms with Crippen LogP contribution in [0.1, 0.15) is 36.2 Å². The summed E-state index contributed by atoms with van der Waals surface area (Å²) >= 11 is 0. The predicted octanol–water partition coefficient (Wildman–Crippen LogP) is 3.61. The minimum Gasteiger partial charge on any atom is -0.493 e. The van der Waals surface area contributed by atoms with E-state index in [1.165, 1.54) is 31.4 Å². The molecule has 0 aliphatic rings. The first-order chi connectivity index (χ1) is 13.1. The number of methoxy groups -OCH3 is 1. The van der Waals surface area contributed by atoms with Gasteiger partial charge in [-0.15, -0.1) is 0 Å². The van der Waals surface area contributed by atoms with Crippen molar-refractivity contribution in [1.82, 2.24) is 4.90 Å². The van der Waals surface area contributed by atoms with Gasteiger partial charge in [-0.1, -0.05) is 19.1 Å². The van der Waals surface area contributed by atoms with Gasteiger partial charge in [0.1, 0.15) is 5.82 Å². The fourth-order valence-corrected chi connectivity index (χ4v) is 3.14. The Morgan fingerprint density at radius 3 is 2.46 bits per heavy atom. The van der Waals surface area contributed by atoms with Gasteiger partial charge in [-0.3, -0.25) is 4.79 Å². The van der Waals surface area contributed by atoms with Crippen LogP contribution in [-0.4, -0.2) is 38.6 Å². The Hall–Kier alpha value is -2.61. The van der Waals surface area contributed by atoms with Crippen molar-refractivity contribution in [2.24, 2.45) is 0 Å². The van der Waals surface area contributed by atoms with E-state index in [1.54, 1.807) is 23.1 Å². The summed E-state index contributed by atoms with van der Waals surface area (Å²) in [4.78, 5) is 14.6. The van der Waals surface area contributed by atoms with Crippen molar-refractivity contribution in [3.8, 4) is 11.5 Å². The number of carbonyl (C=O) groups is 1. The van der Waals surface area contributed by atoms with Crippen LogP contribution in [0.3, 0.4) is 0 Å². The highest BCUT2D eigenvalue weighted by Crippen LogP contribution is 2.30. The topological polar surface area (TPSA) is 72.9 Å². The van der Waals surface area contributed by atoms with E-state index in [4.69, 9.17) is 8.92 Å². The molecule has 0 saturated heterocycles. The molecular weight excluding hydrogens is 385 g/mol. The summed E-state index contributed by atoms with van der Waals surface area (Å²) in [5.41, 5.74) is 0.908. The Bertz CT molecular complexity index is 945. The first-order valence-electron chi connectivity index (χ1n) is 8.77. The summed E-state index contributed by atoms with van der Waals surface area (Å²) in [5, 5.41) is 0. The van der Waals surface area contributed by atoms with E-state index in [0.717, 1.165) is 6.26 Å². The van der Waals surface area contributed by atoms with Gasteiger partial charge in [0.2, 0.25) is 0 Å². The van der Waals surface area contributed by atoms with Crippen molar-refractivity contribution in [2.45, 2.75) is 32.9 Å². The van der Waals surface area contributed by atoms with E-state index in [9.17, 15) is 17.6 Å². The third kappa shape index (κ3) is 5.69. The molecule has 0 fully saturated rings. The summed E-state index contributed by atoms with van der Waals surface area (Å²) in [5.74, 6) is -0.482. The molecule has 2 aromatic carbocycles. The summed E-state index contributed by atoms with van der Waals surface area (Å²) < 4.78 is 46.7. The lowest BCUT2D eigenvalue weighted by Crippen LogP contribution is -2.37. The van der Waals surface area contributed by atoms with Gasteiger partial charge in [-0.2, -0.15) is 8.42 Å². The molecule has 2 rings (SSSR count). The average molecular weight is 409 g/mol. The molecule has 0 saturated carbocycles. The second-order valence-electron chi connectivity index (χ2n) is 6.47. The number of amides is 1. The maximum atomic E-state index is 13.5. The third-order valence-electron chi connectivity index (χ3n) is 4.28. The summed E-state index contributed by atoms with van der Waals surface area (Å²) in [6, 6.07) is 10.2. The molecule has 0 aliphatic carbocycles. The van der Waals surface area contributed by atoms with Crippen LogP contribution in [-0.2, 0) is 16.7 Å². The molecule has 0 radical (unpaired) electrons. The fraction of sp³-hybridized carbons (Fsp3) is 0.350. The van der Waals surface area contributed by atoms with E-state index in [1.807, 2.05) is 13.8 Å². The van der Waals surface area contributed by atoms with Gasteiger partial charge in [0.15, 0.2) is 11.5 Å². The van der Waals surface area contributed by atoms with E-state index >= 15 is 0 Å². The molecule has 0 aromatic heterocycles. The number of benzene rings is 2. The number of rotatable bonds is 8. The van der Waals surface area contributed by atoms with Gasteiger partial charge in [0.05, 0.1) is 13.4 Å². The van der Waals surface area contributed by atoms with Gasteiger partial charge < -0.3 is 13.8 Å². The smallest absolute Gasteiger partial charge is 0.306 e. The number of halogens is 1. The van der Waals surface area contributed by atoms with Gasteiger partial charge in [-0.05, 0) is 49.2 Å². The molecular formula is C20H24FNO5S. The van der Waals surface area contributed by atoms with Crippen LogP contribution < -0.4 is 8.92 Å². The zero-order chi connectivity index (χ0) is 20.9. The number of carbonyl (C=O) groups excluding carboxylic acids is 1. The summed E-state index contributed by atoms with van der Waals surface area (Å²) in [6.07, 6.45) is 1.64. The van der Waals surface area contributed by atoms with Crippen LogP contribution in [0, 0.1) is 5.82 Å². The second kappa shape index (κ2) is 9.05. The van der Waals surface area contributed by atoms with Crippen molar-refractivity contribution in [3.05, 3.63) is 59.4 Å². The molecule has 1 atom stereocenters. The molecule has 1 amide bonds.